The summed E-state index contributed by atoms with van der Waals surface area (Å²) in [5.41, 5.74) is 1.73. The molecule has 9 heteroatoms. The molecule has 0 aliphatic heterocycles. The molecule has 32 heavy (non-hydrogen) atoms. The van der Waals surface area contributed by atoms with Crippen molar-refractivity contribution in [2.45, 2.75) is 5.03 Å². The van der Waals surface area contributed by atoms with Gasteiger partial charge in [-0.2, -0.15) is 10.2 Å². The number of hydrogen-bond donors (Lipinski definition) is 0. The topological polar surface area (TPSA) is 99.7 Å². The van der Waals surface area contributed by atoms with E-state index in [9.17, 15) is 13.2 Å². The Balaban J connectivity index is 1.67. The molecule has 8 nitrogen and oxygen atoms in total. The minimum absolute atomic E-state index is 0.0714. The number of pyridine rings is 1. The first-order valence-corrected chi connectivity index (χ1v) is 11.6. The van der Waals surface area contributed by atoms with Crippen LogP contribution in [-0.4, -0.2) is 39.2 Å². The molecule has 0 spiro atoms. The average molecular weight is 443 g/mol. The molecule has 0 saturated heterocycles. The molecule has 5 aromatic rings. The van der Waals surface area contributed by atoms with Crippen LogP contribution in [0.4, 0.5) is 0 Å². The Bertz CT molecular complexity index is 1630. The Morgan fingerprint density at radius 3 is 2.56 bits per heavy atom. The third kappa shape index (κ3) is 3.48. The molecule has 0 N–H and O–H groups in total. The molecule has 0 aliphatic rings. The van der Waals surface area contributed by atoms with Gasteiger partial charge in [0.1, 0.15) is 0 Å². The molecule has 0 unspecified atom stereocenters. The van der Waals surface area contributed by atoms with E-state index in [4.69, 9.17) is 0 Å². The molecule has 158 valence electrons. The summed E-state index contributed by atoms with van der Waals surface area (Å²) in [6, 6.07) is 20.0. The van der Waals surface area contributed by atoms with E-state index in [0.29, 0.717) is 11.4 Å². The van der Waals surface area contributed by atoms with Crippen molar-refractivity contribution in [3.63, 3.8) is 0 Å². The van der Waals surface area contributed by atoms with Crippen LogP contribution in [0.2, 0.25) is 0 Å². The van der Waals surface area contributed by atoms with Crippen LogP contribution in [0.1, 0.15) is 0 Å². The van der Waals surface area contributed by atoms with E-state index >= 15 is 0 Å². The molecule has 0 radical (unpaired) electrons. The summed E-state index contributed by atoms with van der Waals surface area (Å²) in [5.74, 6) is 0. The molecule has 5 rings (SSSR count). The molecule has 0 saturated carbocycles. The third-order valence-corrected chi connectivity index (χ3v) is 6.03. The second kappa shape index (κ2) is 7.54. The summed E-state index contributed by atoms with van der Waals surface area (Å²) in [6.07, 6.45) is 5.59. The van der Waals surface area contributed by atoms with Crippen LogP contribution in [0.15, 0.2) is 95.1 Å². The molecule has 0 aliphatic carbocycles. The van der Waals surface area contributed by atoms with Gasteiger partial charge in [-0.3, -0.25) is 4.79 Å². The zero-order chi connectivity index (χ0) is 22.3. The highest BCUT2D eigenvalue weighted by molar-refractivity contribution is 7.90. The molecule has 0 fully saturated rings. The van der Waals surface area contributed by atoms with E-state index < -0.39 is 9.84 Å². The lowest BCUT2D eigenvalue weighted by atomic mass is 10.1. The Labute approximate surface area is 183 Å². The molecule has 3 aromatic heterocycles. The number of fused-ring (bicyclic) bond motifs is 1. The molecular weight excluding hydrogens is 426 g/mol. The van der Waals surface area contributed by atoms with Gasteiger partial charge in [0.25, 0.3) is 0 Å². The summed E-state index contributed by atoms with van der Waals surface area (Å²) < 4.78 is 26.9. The first-order valence-electron chi connectivity index (χ1n) is 9.71. The van der Waals surface area contributed by atoms with Crippen molar-refractivity contribution in [2.75, 3.05) is 6.26 Å². The highest BCUT2D eigenvalue weighted by Crippen LogP contribution is 2.25. The normalized spacial score (nSPS) is 11.7. The minimum atomic E-state index is -3.49. The number of benzene rings is 2. The van der Waals surface area contributed by atoms with Crippen molar-refractivity contribution in [1.29, 1.82) is 0 Å². The maximum atomic E-state index is 12.7. The zero-order valence-corrected chi connectivity index (χ0v) is 17.8. The summed E-state index contributed by atoms with van der Waals surface area (Å²) in [5, 5.41) is 10.9. The zero-order valence-electron chi connectivity index (χ0n) is 17.0. The minimum Gasteiger partial charge on any atom is -0.287 e. The smallest absolute Gasteiger partial charge is 0.209 e. The fraction of sp³-hybridized carbons (Fsp3) is 0.0435. The molecule has 0 bridgehead atoms. The second-order valence-corrected chi connectivity index (χ2v) is 9.19. The highest BCUT2D eigenvalue weighted by atomic mass is 32.2. The van der Waals surface area contributed by atoms with Crippen molar-refractivity contribution >= 4 is 20.6 Å². The fourth-order valence-corrected chi connectivity index (χ4v) is 4.13. The van der Waals surface area contributed by atoms with Gasteiger partial charge in [-0.15, -0.1) is 0 Å². The molecule has 2 aromatic carbocycles. The first kappa shape index (κ1) is 19.8. The summed E-state index contributed by atoms with van der Waals surface area (Å²) in [7, 11) is -3.49. The maximum Gasteiger partial charge on any atom is 0.209 e. The Hall–Kier alpha value is -4.11. The Kier molecular flexibility index (Phi) is 4.67. The lowest BCUT2D eigenvalue weighted by Gasteiger charge is -2.12. The van der Waals surface area contributed by atoms with Gasteiger partial charge in [0, 0.05) is 36.2 Å². The molecule has 0 amide bonds. The largest absolute Gasteiger partial charge is 0.287 e. The number of rotatable bonds is 4. The van der Waals surface area contributed by atoms with E-state index in [1.807, 2.05) is 42.5 Å². The van der Waals surface area contributed by atoms with Crippen molar-refractivity contribution < 1.29 is 8.42 Å². The van der Waals surface area contributed by atoms with E-state index in [-0.39, 0.29) is 16.1 Å². The van der Waals surface area contributed by atoms with Gasteiger partial charge < -0.3 is 0 Å². The van der Waals surface area contributed by atoms with Crippen molar-refractivity contribution in [3.8, 4) is 22.8 Å². The van der Waals surface area contributed by atoms with Crippen molar-refractivity contribution in [2.24, 2.45) is 0 Å². The fourth-order valence-electron chi connectivity index (χ4n) is 3.54. The van der Waals surface area contributed by atoms with Crippen LogP contribution >= 0.6 is 0 Å². The van der Waals surface area contributed by atoms with E-state index in [0.717, 1.165) is 22.7 Å². The first-order chi connectivity index (χ1) is 15.4. The van der Waals surface area contributed by atoms with Gasteiger partial charge >= 0.3 is 0 Å². The molecule has 3 heterocycles. The van der Waals surface area contributed by atoms with Crippen LogP contribution in [0.25, 0.3) is 33.5 Å². The number of sulfone groups is 1. The van der Waals surface area contributed by atoms with Crippen LogP contribution < -0.4 is 5.43 Å². The second-order valence-electron chi connectivity index (χ2n) is 7.22. The predicted molar refractivity (Wildman–Crippen MR) is 121 cm³/mol. The number of hydrogen-bond acceptors (Lipinski definition) is 6. The van der Waals surface area contributed by atoms with Gasteiger partial charge in [0.15, 0.2) is 20.6 Å². The number of nitrogens with zero attached hydrogens (tertiary/aromatic N) is 5. The highest BCUT2D eigenvalue weighted by Gasteiger charge is 2.16. The van der Waals surface area contributed by atoms with E-state index in [2.05, 4.69) is 15.2 Å². The van der Waals surface area contributed by atoms with Gasteiger partial charge in [-0.1, -0.05) is 36.4 Å². The molecule has 0 atom stereocenters. The van der Waals surface area contributed by atoms with Gasteiger partial charge in [-0.25, -0.2) is 22.8 Å². The Morgan fingerprint density at radius 2 is 1.72 bits per heavy atom. The predicted octanol–water partition coefficient (Wildman–Crippen LogP) is 3.04. The van der Waals surface area contributed by atoms with E-state index in [1.54, 1.807) is 23.0 Å². The average Bonchev–Trinajstić information content (AvgIpc) is 3.28. The van der Waals surface area contributed by atoms with Crippen LogP contribution in [-0.2, 0) is 9.84 Å². The SMILES string of the molecule is CS(=O)(=O)c1cc(-n2ccc(=O)c(-c3ccnn3-c3cccc4ccccc34)n2)ccn1. The van der Waals surface area contributed by atoms with Crippen LogP contribution in [0, 0.1) is 0 Å². The molecular formula is C23H17N5O3S. The monoisotopic (exact) mass is 443 g/mol. The lowest BCUT2D eigenvalue weighted by molar-refractivity contribution is 0.598. The van der Waals surface area contributed by atoms with Crippen LogP contribution in [0.3, 0.4) is 0 Å². The third-order valence-electron chi connectivity index (χ3n) is 5.05. The van der Waals surface area contributed by atoms with Crippen LogP contribution in [0.5, 0.6) is 0 Å². The van der Waals surface area contributed by atoms with E-state index in [1.165, 1.54) is 29.2 Å². The lowest BCUT2D eigenvalue weighted by Crippen LogP contribution is -2.15. The van der Waals surface area contributed by atoms with Gasteiger partial charge in [-0.05, 0) is 23.6 Å². The quantitative estimate of drug-likeness (QED) is 0.423. The van der Waals surface area contributed by atoms with Gasteiger partial charge in [0.05, 0.1) is 23.3 Å². The number of aromatic nitrogens is 5. The standard InChI is InChI=1S/C23H17N5O3S/c1-32(30,31)22-15-17(9-12-24-22)27-14-11-21(29)23(26-27)20-10-13-25-28(20)19-8-4-6-16-5-2-3-7-18(16)19/h2-15H,1H3. The summed E-state index contributed by atoms with van der Waals surface area (Å²) in [6.45, 7) is 0. The summed E-state index contributed by atoms with van der Waals surface area (Å²) >= 11 is 0. The van der Waals surface area contributed by atoms with Gasteiger partial charge in [0.2, 0.25) is 5.43 Å². The van der Waals surface area contributed by atoms with Crippen molar-refractivity contribution in [3.05, 3.63) is 95.5 Å². The summed E-state index contributed by atoms with van der Waals surface area (Å²) in [4.78, 5) is 16.7. The maximum absolute atomic E-state index is 12.7. The van der Waals surface area contributed by atoms with Crippen molar-refractivity contribution in [1.82, 2.24) is 24.5 Å². The Morgan fingerprint density at radius 1 is 0.906 bits per heavy atom.